The third-order valence-corrected chi connectivity index (χ3v) is 5.86. The van der Waals surface area contributed by atoms with E-state index in [1.54, 1.807) is 0 Å². The Labute approximate surface area is 175 Å². The Balaban J connectivity index is 1.46. The van der Waals surface area contributed by atoms with Crippen LogP contribution in [0, 0.1) is 6.92 Å². The first kappa shape index (κ1) is 21.8. The van der Waals surface area contributed by atoms with E-state index >= 15 is 0 Å². The predicted octanol–water partition coefficient (Wildman–Crippen LogP) is 4.15. The Morgan fingerprint density at radius 2 is 1.90 bits per heavy atom. The molecule has 0 bridgehead atoms. The largest absolute Gasteiger partial charge is 0.491 e. The quantitative estimate of drug-likeness (QED) is 0.559. The number of benzene rings is 2. The predicted molar refractivity (Wildman–Crippen MR) is 118 cm³/mol. The van der Waals surface area contributed by atoms with Crippen LogP contribution in [-0.2, 0) is 17.6 Å². The number of rotatable bonds is 11. The average molecular weight is 398 g/mol. The van der Waals surface area contributed by atoms with E-state index in [4.69, 9.17) is 20.3 Å². The van der Waals surface area contributed by atoms with E-state index in [1.165, 1.54) is 22.3 Å². The smallest absolute Gasteiger partial charge is 0.119 e. The normalized spacial score (nSPS) is 17.0. The second-order valence-electron chi connectivity index (χ2n) is 8.08. The molecule has 2 aromatic rings. The zero-order valence-electron chi connectivity index (χ0n) is 17.6. The summed E-state index contributed by atoms with van der Waals surface area (Å²) in [6.07, 6.45) is 6.27. The van der Waals surface area contributed by atoms with Crippen LogP contribution in [0.25, 0.3) is 0 Å². The van der Waals surface area contributed by atoms with Gasteiger partial charge >= 0.3 is 0 Å². The molecule has 0 heterocycles. The molecule has 0 amide bonds. The van der Waals surface area contributed by atoms with Crippen molar-refractivity contribution < 1.29 is 14.6 Å². The van der Waals surface area contributed by atoms with Crippen molar-refractivity contribution in [1.29, 1.82) is 0 Å². The molecule has 1 aliphatic rings. The molecule has 29 heavy (non-hydrogen) atoms. The molecule has 2 aromatic carbocycles. The highest BCUT2D eigenvalue weighted by Crippen LogP contribution is 2.29. The molecule has 4 heteroatoms. The Kier molecular flexibility index (Phi) is 8.53. The summed E-state index contributed by atoms with van der Waals surface area (Å²) in [6, 6.07) is 15.0. The summed E-state index contributed by atoms with van der Waals surface area (Å²) in [6.45, 7) is 4.20. The molecule has 0 aliphatic heterocycles. The van der Waals surface area contributed by atoms with Crippen molar-refractivity contribution in [1.82, 2.24) is 0 Å². The summed E-state index contributed by atoms with van der Waals surface area (Å²) >= 11 is 0. The molecule has 0 unspecified atom stereocenters. The average Bonchev–Trinajstić information content (AvgIpc) is 2.75. The highest BCUT2D eigenvalue weighted by molar-refractivity contribution is 5.36. The molecule has 3 N–H and O–H groups in total. The molecular formula is C25H35NO3. The van der Waals surface area contributed by atoms with E-state index in [1.807, 2.05) is 12.1 Å². The first-order valence-electron chi connectivity index (χ1n) is 10.9. The second kappa shape index (κ2) is 11.3. The number of aliphatic hydroxyl groups excluding tert-OH is 1. The van der Waals surface area contributed by atoms with Gasteiger partial charge in [-0.2, -0.15) is 0 Å². The van der Waals surface area contributed by atoms with Gasteiger partial charge in [-0.05, 0) is 80.3 Å². The fraction of sp³-hybridized carbons (Fsp3) is 0.520. The van der Waals surface area contributed by atoms with Gasteiger partial charge in [0, 0.05) is 6.61 Å². The molecule has 0 saturated heterocycles. The Bertz CT molecular complexity index is 744. The van der Waals surface area contributed by atoms with Crippen LogP contribution in [0.15, 0.2) is 42.5 Å². The SMILES string of the molecule is Cc1ccc(OCCO[C@H]2CCc3cc([C@H](CN)CCCCO)ccc3C2)cc1. The monoisotopic (exact) mass is 397 g/mol. The third kappa shape index (κ3) is 6.56. The van der Waals surface area contributed by atoms with Crippen LogP contribution in [0.4, 0.5) is 0 Å². The first-order chi connectivity index (χ1) is 14.2. The van der Waals surface area contributed by atoms with Gasteiger partial charge in [-0.1, -0.05) is 42.3 Å². The molecule has 0 fully saturated rings. The Morgan fingerprint density at radius 3 is 2.66 bits per heavy atom. The van der Waals surface area contributed by atoms with Crippen LogP contribution in [0.2, 0.25) is 0 Å². The minimum absolute atomic E-state index is 0.263. The van der Waals surface area contributed by atoms with Crippen LogP contribution in [0.1, 0.15) is 53.9 Å². The molecule has 158 valence electrons. The number of unbranched alkanes of at least 4 members (excludes halogenated alkanes) is 1. The Morgan fingerprint density at radius 1 is 1.07 bits per heavy atom. The van der Waals surface area contributed by atoms with E-state index < -0.39 is 0 Å². The van der Waals surface area contributed by atoms with Crippen LogP contribution < -0.4 is 10.5 Å². The van der Waals surface area contributed by atoms with Gasteiger partial charge in [0.2, 0.25) is 0 Å². The maximum absolute atomic E-state index is 9.00. The fourth-order valence-electron chi connectivity index (χ4n) is 4.07. The molecular weight excluding hydrogens is 362 g/mol. The minimum Gasteiger partial charge on any atom is -0.491 e. The lowest BCUT2D eigenvalue weighted by Crippen LogP contribution is -2.25. The fourth-order valence-corrected chi connectivity index (χ4v) is 4.07. The van der Waals surface area contributed by atoms with Gasteiger partial charge in [0.05, 0.1) is 12.7 Å². The molecule has 0 radical (unpaired) electrons. The Hall–Kier alpha value is -1.88. The second-order valence-corrected chi connectivity index (χ2v) is 8.08. The number of ether oxygens (including phenoxy) is 2. The molecule has 0 aromatic heterocycles. The molecule has 3 rings (SSSR count). The van der Waals surface area contributed by atoms with Gasteiger partial charge in [-0.3, -0.25) is 0 Å². The summed E-state index contributed by atoms with van der Waals surface area (Å²) in [5, 5.41) is 9.00. The minimum atomic E-state index is 0.263. The molecule has 0 saturated carbocycles. The number of hydrogen-bond donors (Lipinski definition) is 2. The van der Waals surface area contributed by atoms with Crippen molar-refractivity contribution in [2.45, 2.75) is 57.5 Å². The van der Waals surface area contributed by atoms with Gasteiger partial charge in [-0.25, -0.2) is 0 Å². The van der Waals surface area contributed by atoms with Crippen molar-refractivity contribution in [3.8, 4) is 5.75 Å². The number of fused-ring (bicyclic) bond motifs is 1. The summed E-state index contributed by atoms with van der Waals surface area (Å²) < 4.78 is 11.8. The lowest BCUT2D eigenvalue weighted by atomic mass is 9.85. The van der Waals surface area contributed by atoms with Crippen LogP contribution in [-0.4, -0.2) is 37.6 Å². The number of aryl methyl sites for hydroxylation is 2. The summed E-state index contributed by atoms with van der Waals surface area (Å²) in [7, 11) is 0. The summed E-state index contributed by atoms with van der Waals surface area (Å²) in [5.74, 6) is 1.29. The number of nitrogens with two attached hydrogens (primary N) is 1. The zero-order valence-corrected chi connectivity index (χ0v) is 17.6. The van der Waals surface area contributed by atoms with Gasteiger partial charge < -0.3 is 20.3 Å². The highest BCUT2D eigenvalue weighted by Gasteiger charge is 2.20. The van der Waals surface area contributed by atoms with Crippen LogP contribution >= 0.6 is 0 Å². The van der Waals surface area contributed by atoms with E-state index in [0.717, 1.165) is 44.3 Å². The van der Waals surface area contributed by atoms with Crippen molar-refractivity contribution >= 4 is 0 Å². The van der Waals surface area contributed by atoms with Crippen molar-refractivity contribution in [3.05, 3.63) is 64.7 Å². The van der Waals surface area contributed by atoms with E-state index in [0.29, 0.717) is 25.7 Å². The number of aliphatic hydroxyl groups is 1. The molecule has 2 atom stereocenters. The molecule has 4 nitrogen and oxygen atoms in total. The lowest BCUT2D eigenvalue weighted by molar-refractivity contribution is 0.0262. The third-order valence-electron chi connectivity index (χ3n) is 5.86. The van der Waals surface area contributed by atoms with Gasteiger partial charge in [0.15, 0.2) is 0 Å². The maximum atomic E-state index is 9.00. The topological polar surface area (TPSA) is 64.7 Å². The van der Waals surface area contributed by atoms with Crippen LogP contribution in [0.5, 0.6) is 5.75 Å². The van der Waals surface area contributed by atoms with Gasteiger partial charge in [-0.15, -0.1) is 0 Å². The maximum Gasteiger partial charge on any atom is 0.119 e. The van der Waals surface area contributed by atoms with Crippen molar-refractivity contribution in [3.63, 3.8) is 0 Å². The first-order valence-corrected chi connectivity index (χ1v) is 10.9. The van der Waals surface area contributed by atoms with Gasteiger partial charge in [0.1, 0.15) is 12.4 Å². The van der Waals surface area contributed by atoms with Crippen LogP contribution in [0.3, 0.4) is 0 Å². The lowest BCUT2D eigenvalue weighted by Gasteiger charge is -2.26. The summed E-state index contributed by atoms with van der Waals surface area (Å²) in [4.78, 5) is 0. The zero-order chi connectivity index (χ0) is 20.5. The van der Waals surface area contributed by atoms with Crippen molar-refractivity contribution in [2.75, 3.05) is 26.4 Å². The number of hydrogen-bond acceptors (Lipinski definition) is 4. The van der Waals surface area contributed by atoms with Gasteiger partial charge in [0.25, 0.3) is 0 Å². The van der Waals surface area contributed by atoms with E-state index in [2.05, 4.69) is 37.3 Å². The molecule has 0 spiro atoms. The van der Waals surface area contributed by atoms with E-state index in [9.17, 15) is 0 Å². The highest BCUT2D eigenvalue weighted by atomic mass is 16.5. The summed E-state index contributed by atoms with van der Waals surface area (Å²) in [5.41, 5.74) is 11.4. The standard InChI is InChI=1S/C25H35NO3/c1-19-5-10-24(11-6-19)28-14-15-29-25-12-9-20-16-21(7-8-22(20)17-25)23(18-26)4-2-3-13-27/h5-8,10-11,16,23,25,27H,2-4,9,12-15,17-18,26H2,1H3/t23-,25-/m0/s1. The van der Waals surface area contributed by atoms with E-state index in [-0.39, 0.29) is 12.7 Å². The molecule has 1 aliphatic carbocycles. The van der Waals surface area contributed by atoms with Crippen molar-refractivity contribution in [2.24, 2.45) is 5.73 Å².